The van der Waals surface area contributed by atoms with Crippen LogP contribution in [0.15, 0.2) is 62.8 Å². The summed E-state index contributed by atoms with van der Waals surface area (Å²) in [7, 11) is 1.53. The maximum Gasteiger partial charge on any atom is 0.345 e. The molecule has 3 aromatic rings. The Morgan fingerprint density at radius 3 is 2.54 bits per heavy atom. The number of hydrazone groups is 1. The SMILES string of the molecule is COc1ccc2oc(=O)c(C(C)=NNC(=O)c3ccc([N+](=O)[O-])cc3)cc2c1. The monoisotopic (exact) mass is 381 g/mol. The van der Waals surface area contributed by atoms with Crippen molar-refractivity contribution < 1.29 is 18.9 Å². The standard InChI is InChI=1S/C19H15N3O6/c1-11(20-21-18(23)12-3-5-14(6-4-12)22(25)26)16-10-13-9-15(27-2)7-8-17(13)28-19(16)24/h3-10H,1-2H3,(H,21,23). The van der Waals surface area contributed by atoms with Crippen molar-refractivity contribution in [1.82, 2.24) is 5.43 Å². The van der Waals surface area contributed by atoms with Gasteiger partial charge in [0.05, 0.1) is 23.3 Å². The first-order chi connectivity index (χ1) is 13.4. The van der Waals surface area contributed by atoms with E-state index in [0.29, 0.717) is 16.7 Å². The quantitative estimate of drug-likeness (QED) is 0.314. The number of nitro benzene ring substituents is 1. The van der Waals surface area contributed by atoms with E-state index in [1.54, 1.807) is 31.2 Å². The van der Waals surface area contributed by atoms with Gasteiger partial charge in [-0.25, -0.2) is 10.2 Å². The first kappa shape index (κ1) is 18.8. The number of amides is 1. The number of methoxy groups -OCH3 is 1. The van der Waals surface area contributed by atoms with Crippen LogP contribution in [0.1, 0.15) is 22.8 Å². The molecule has 0 aliphatic carbocycles. The van der Waals surface area contributed by atoms with Gasteiger partial charge in [-0.3, -0.25) is 14.9 Å². The van der Waals surface area contributed by atoms with Crippen molar-refractivity contribution >= 4 is 28.3 Å². The highest BCUT2D eigenvalue weighted by molar-refractivity contribution is 6.02. The number of hydrogen-bond acceptors (Lipinski definition) is 7. The third kappa shape index (κ3) is 3.88. The second kappa shape index (κ2) is 7.70. The van der Waals surface area contributed by atoms with Crippen LogP contribution in [0.5, 0.6) is 5.75 Å². The number of nitrogens with zero attached hydrogens (tertiary/aromatic N) is 2. The molecule has 0 unspecified atom stereocenters. The van der Waals surface area contributed by atoms with Crippen molar-refractivity contribution in [2.45, 2.75) is 6.92 Å². The molecule has 3 rings (SSSR count). The number of benzene rings is 2. The molecule has 0 saturated carbocycles. The molecule has 0 saturated heterocycles. The highest BCUT2D eigenvalue weighted by Gasteiger charge is 2.12. The summed E-state index contributed by atoms with van der Waals surface area (Å²) in [6.45, 7) is 1.55. The molecule has 9 heteroatoms. The van der Waals surface area contributed by atoms with Crippen molar-refractivity contribution in [2.75, 3.05) is 7.11 Å². The van der Waals surface area contributed by atoms with Crippen LogP contribution in [0.3, 0.4) is 0 Å². The molecule has 0 spiro atoms. The minimum absolute atomic E-state index is 0.125. The van der Waals surface area contributed by atoms with Gasteiger partial charge in [-0.05, 0) is 43.3 Å². The Hall–Kier alpha value is -4.01. The predicted octanol–water partition coefficient (Wildman–Crippen LogP) is 2.86. The van der Waals surface area contributed by atoms with E-state index < -0.39 is 16.5 Å². The number of hydrogen-bond donors (Lipinski definition) is 1. The zero-order valence-electron chi connectivity index (χ0n) is 15.0. The van der Waals surface area contributed by atoms with Crippen LogP contribution in [0.25, 0.3) is 11.0 Å². The van der Waals surface area contributed by atoms with Gasteiger partial charge in [0.15, 0.2) is 0 Å². The molecule has 9 nitrogen and oxygen atoms in total. The second-order valence-electron chi connectivity index (χ2n) is 5.79. The Balaban J connectivity index is 1.84. The van der Waals surface area contributed by atoms with Crippen LogP contribution in [0, 0.1) is 10.1 Å². The smallest absolute Gasteiger partial charge is 0.345 e. The van der Waals surface area contributed by atoms with Gasteiger partial charge in [0, 0.05) is 23.1 Å². The summed E-state index contributed by atoms with van der Waals surface area (Å²) in [6, 6.07) is 11.7. The Labute approximate surface area is 158 Å². The minimum Gasteiger partial charge on any atom is -0.497 e. The number of non-ortho nitro benzene ring substituents is 1. The Kier molecular flexibility index (Phi) is 5.16. The predicted molar refractivity (Wildman–Crippen MR) is 102 cm³/mol. The lowest BCUT2D eigenvalue weighted by Gasteiger charge is -2.05. The number of nitrogens with one attached hydrogen (secondary N) is 1. The molecule has 1 N–H and O–H groups in total. The molecule has 142 valence electrons. The third-order valence-corrected chi connectivity index (χ3v) is 3.99. The molecule has 2 aromatic carbocycles. The van der Waals surface area contributed by atoms with E-state index in [1.807, 2.05) is 0 Å². The van der Waals surface area contributed by atoms with E-state index in [2.05, 4.69) is 10.5 Å². The molecule has 0 bridgehead atoms. The van der Waals surface area contributed by atoms with E-state index in [4.69, 9.17) is 9.15 Å². The average Bonchev–Trinajstić information content (AvgIpc) is 2.70. The molecule has 1 aromatic heterocycles. The second-order valence-corrected chi connectivity index (χ2v) is 5.79. The van der Waals surface area contributed by atoms with Crippen molar-refractivity contribution in [1.29, 1.82) is 0 Å². The molecule has 0 aliphatic rings. The molecule has 0 atom stereocenters. The van der Waals surface area contributed by atoms with E-state index in [-0.39, 0.29) is 22.5 Å². The van der Waals surface area contributed by atoms with Gasteiger partial charge < -0.3 is 9.15 Å². The Bertz CT molecular complexity index is 1150. The van der Waals surface area contributed by atoms with Gasteiger partial charge in [-0.1, -0.05) is 0 Å². The van der Waals surface area contributed by atoms with Crippen LogP contribution >= 0.6 is 0 Å². The number of carbonyl (C=O) groups excluding carboxylic acids is 1. The van der Waals surface area contributed by atoms with E-state index in [9.17, 15) is 19.7 Å². The molecule has 1 heterocycles. The maximum atomic E-state index is 12.2. The fourth-order valence-electron chi connectivity index (χ4n) is 2.47. The van der Waals surface area contributed by atoms with Crippen LogP contribution in [-0.2, 0) is 0 Å². The molecule has 0 radical (unpaired) electrons. The van der Waals surface area contributed by atoms with Gasteiger partial charge in [0.2, 0.25) is 0 Å². The number of fused-ring (bicyclic) bond motifs is 1. The molecule has 1 amide bonds. The summed E-state index contributed by atoms with van der Waals surface area (Å²) in [5, 5.41) is 15.2. The lowest BCUT2D eigenvalue weighted by Crippen LogP contribution is -2.21. The van der Waals surface area contributed by atoms with Crippen molar-refractivity contribution in [3.05, 3.63) is 80.2 Å². The Morgan fingerprint density at radius 1 is 1.18 bits per heavy atom. The van der Waals surface area contributed by atoms with Crippen molar-refractivity contribution in [2.24, 2.45) is 5.10 Å². The summed E-state index contributed by atoms with van der Waals surface area (Å²) >= 11 is 0. The van der Waals surface area contributed by atoms with E-state index in [1.165, 1.54) is 31.4 Å². The zero-order valence-corrected chi connectivity index (χ0v) is 15.0. The van der Waals surface area contributed by atoms with Crippen molar-refractivity contribution in [3.63, 3.8) is 0 Å². The fourth-order valence-corrected chi connectivity index (χ4v) is 2.47. The largest absolute Gasteiger partial charge is 0.497 e. The Morgan fingerprint density at radius 2 is 1.89 bits per heavy atom. The van der Waals surface area contributed by atoms with Crippen LogP contribution < -0.4 is 15.8 Å². The number of carbonyl (C=O) groups is 1. The normalized spacial score (nSPS) is 11.3. The molecule has 28 heavy (non-hydrogen) atoms. The third-order valence-electron chi connectivity index (χ3n) is 3.99. The molecule has 0 fully saturated rings. The van der Waals surface area contributed by atoms with Crippen LogP contribution in [0.2, 0.25) is 0 Å². The van der Waals surface area contributed by atoms with Gasteiger partial charge in [-0.15, -0.1) is 0 Å². The molecular weight excluding hydrogens is 366 g/mol. The summed E-state index contributed by atoms with van der Waals surface area (Å²) in [5.41, 5.74) is 2.62. The topological polar surface area (TPSA) is 124 Å². The highest BCUT2D eigenvalue weighted by Crippen LogP contribution is 2.20. The summed E-state index contributed by atoms with van der Waals surface area (Å²) in [6.07, 6.45) is 0. The van der Waals surface area contributed by atoms with Gasteiger partial charge in [-0.2, -0.15) is 5.10 Å². The number of ether oxygens (including phenoxy) is 1. The summed E-state index contributed by atoms with van der Waals surface area (Å²) < 4.78 is 10.4. The molecular formula is C19H15N3O6. The van der Waals surface area contributed by atoms with E-state index in [0.717, 1.165) is 0 Å². The first-order valence-corrected chi connectivity index (χ1v) is 8.10. The highest BCUT2D eigenvalue weighted by atomic mass is 16.6. The fraction of sp³-hybridized carbons (Fsp3) is 0.105. The van der Waals surface area contributed by atoms with Gasteiger partial charge >= 0.3 is 5.63 Å². The summed E-state index contributed by atoms with van der Waals surface area (Å²) in [5.74, 6) is 0.0365. The first-order valence-electron chi connectivity index (χ1n) is 8.10. The number of nitro groups is 1. The average molecular weight is 381 g/mol. The molecule has 0 aliphatic heterocycles. The number of rotatable bonds is 5. The van der Waals surface area contributed by atoms with Crippen molar-refractivity contribution in [3.8, 4) is 5.75 Å². The zero-order chi connectivity index (χ0) is 20.3. The van der Waals surface area contributed by atoms with E-state index >= 15 is 0 Å². The minimum atomic E-state index is -0.594. The van der Waals surface area contributed by atoms with Crippen LogP contribution in [0.4, 0.5) is 5.69 Å². The van der Waals surface area contributed by atoms with Gasteiger partial charge in [0.25, 0.3) is 11.6 Å². The lowest BCUT2D eigenvalue weighted by atomic mass is 10.1. The van der Waals surface area contributed by atoms with Crippen LogP contribution in [-0.4, -0.2) is 23.7 Å². The maximum absolute atomic E-state index is 12.2. The summed E-state index contributed by atoms with van der Waals surface area (Å²) in [4.78, 5) is 34.4. The lowest BCUT2D eigenvalue weighted by molar-refractivity contribution is -0.384. The van der Waals surface area contributed by atoms with Gasteiger partial charge in [0.1, 0.15) is 11.3 Å².